The monoisotopic (exact) mass is 280 g/mol. The molecule has 0 spiro atoms. The van der Waals surface area contributed by atoms with Crippen molar-refractivity contribution in [3.8, 4) is 5.88 Å². The van der Waals surface area contributed by atoms with E-state index in [2.05, 4.69) is 9.47 Å². The lowest BCUT2D eigenvalue weighted by Gasteiger charge is -2.12. The van der Waals surface area contributed by atoms with E-state index >= 15 is 0 Å². The van der Waals surface area contributed by atoms with Gasteiger partial charge in [-0.05, 0) is 13.0 Å². The average Bonchev–Trinajstić information content (AvgIpc) is 2.27. The Kier molecular flexibility index (Phi) is 4.54. The van der Waals surface area contributed by atoms with Crippen LogP contribution >= 0.6 is 0 Å². The van der Waals surface area contributed by atoms with Gasteiger partial charge in [-0.1, -0.05) is 0 Å². The second-order valence-corrected chi connectivity index (χ2v) is 3.34. The van der Waals surface area contributed by atoms with Gasteiger partial charge in [-0.3, -0.25) is 9.78 Å². The number of pyridine rings is 1. The number of aromatic nitrogens is 1. The predicted molar refractivity (Wildman–Crippen MR) is 57.6 cm³/mol. The van der Waals surface area contributed by atoms with Crippen molar-refractivity contribution in [3.05, 3.63) is 27.5 Å². The highest BCUT2D eigenvalue weighted by molar-refractivity contribution is 5.89. The largest absolute Gasteiger partial charge is 0.574 e. The Morgan fingerprint density at radius 2 is 2.11 bits per heavy atom. The van der Waals surface area contributed by atoms with Gasteiger partial charge in [0.1, 0.15) is 5.56 Å². The first-order valence-electron chi connectivity index (χ1n) is 5.17. The summed E-state index contributed by atoms with van der Waals surface area (Å²) in [5.41, 5.74) is 3.59. The van der Waals surface area contributed by atoms with E-state index in [4.69, 9.17) is 5.73 Å². The summed E-state index contributed by atoms with van der Waals surface area (Å²) >= 11 is 0. The third-order valence-corrected chi connectivity index (χ3v) is 2.01. The summed E-state index contributed by atoms with van der Waals surface area (Å²) < 4.78 is 44.5. The Bertz CT molecular complexity index is 524. The SMILES string of the molecule is CCOC(=O)c1cc(CN)c(OC(F)(F)F)[nH]c1=O. The molecule has 1 aromatic heterocycles. The third kappa shape index (κ3) is 3.98. The minimum Gasteiger partial charge on any atom is -0.462 e. The highest BCUT2D eigenvalue weighted by Gasteiger charge is 2.33. The lowest BCUT2D eigenvalue weighted by Crippen LogP contribution is -2.26. The second-order valence-electron chi connectivity index (χ2n) is 3.34. The molecule has 9 heteroatoms. The molecule has 0 amide bonds. The molecule has 1 heterocycles. The van der Waals surface area contributed by atoms with E-state index in [1.807, 2.05) is 4.98 Å². The number of nitrogens with two attached hydrogens (primary N) is 1. The number of hydrogen-bond donors (Lipinski definition) is 2. The predicted octanol–water partition coefficient (Wildman–Crippen LogP) is 0.909. The molecule has 0 saturated carbocycles. The molecule has 0 atom stereocenters. The number of carbonyl (C=O) groups excluding carboxylic acids is 1. The van der Waals surface area contributed by atoms with Gasteiger partial charge in [0.05, 0.1) is 6.61 Å². The van der Waals surface area contributed by atoms with Crippen LogP contribution in [-0.2, 0) is 11.3 Å². The minimum atomic E-state index is -4.97. The molecule has 0 fully saturated rings. The minimum absolute atomic E-state index is 0.0248. The van der Waals surface area contributed by atoms with Crippen LogP contribution in [0.2, 0.25) is 0 Å². The van der Waals surface area contributed by atoms with Crippen LogP contribution in [0.5, 0.6) is 5.88 Å². The van der Waals surface area contributed by atoms with E-state index in [9.17, 15) is 22.8 Å². The average molecular weight is 280 g/mol. The highest BCUT2D eigenvalue weighted by atomic mass is 19.4. The zero-order valence-electron chi connectivity index (χ0n) is 9.84. The van der Waals surface area contributed by atoms with Crippen LogP contribution < -0.4 is 16.0 Å². The number of H-pyrrole nitrogens is 1. The van der Waals surface area contributed by atoms with E-state index in [0.29, 0.717) is 0 Å². The van der Waals surface area contributed by atoms with E-state index in [-0.39, 0.29) is 18.7 Å². The van der Waals surface area contributed by atoms with Crippen molar-refractivity contribution < 1.29 is 27.4 Å². The topological polar surface area (TPSA) is 94.4 Å². The van der Waals surface area contributed by atoms with Crippen LogP contribution in [-0.4, -0.2) is 23.9 Å². The van der Waals surface area contributed by atoms with Gasteiger partial charge >= 0.3 is 12.3 Å². The maximum Gasteiger partial charge on any atom is 0.574 e. The number of aromatic amines is 1. The van der Waals surface area contributed by atoms with Crippen molar-refractivity contribution in [2.24, 2.45) is 5.73 Å². The summed E-state index contributed by atoms with van der Waals surface area (Å²) in [6.07, 6.45) is -4.97. The molecule has 0 aliphatic rings. The first-order chi connectivity index (χ1) is 8.78. The van der Waals surface area contributed by atoms with Crippen molar-refractivity contribution >= 4 is 5.97 Å². The summed E-state index contributed by atoms with van der Waals surface area (Å²) in [4.78, 5) is 24.7. The lowest BCUT2D eigenvalue weighted by atomic mass is 10.2. The molecule has 3 N–H and O–H groups in total. The Balaban J connectivity index is 3.22. The van der Waals surface area contributed by atoms with E-state index in [1.54, 1.807) is 0 Å². The van der Waals surface area contributed by atoms with Gasteiger partial charge in [-0.2, -0.15) is 0 Å². The van der Waals surface area contributed by atoms with E-state index in [1.165, 1.54) is 6.92 Å². The van der Waals surface area contributed by atoms with Crippen LogP contribution in [0.1, 0.15) is 22.8 Å². The van der Waals surface area contributed by atoms with E-state index < -0.39 is 29.3 Å². The fraction of sp³-hybridized carbons (Fsp3) is 0.400. The number of esters is 1. The number of halogens is 3. The first-order valence-corrected chi connectivity index (χ1v) is 5.17. The van der Waals surface area contributed by atoms with Gasteiger partial charge in [-0.15, -0.1) is 13.2 Å². The zero-order valence-corrected chi connectivity index (χ0v) is 9.84. The van der Waals surface area contributed by atoms with E-state index in [0.717, 1.165) is 6.07 Å². The molecule has 0 radical (unpaired) electrons. The Morgan fingerprint density at radius 1 is 1.47 bits per heavy atom. The lowest BCUT2D eigenvalue weighted by molar-refractivity contribution is -0.276. The molecule has 106 valence electrons. The molecule has 6 nitrogen and oxygen atoms in total. The van der Waals surface area contributed by atoms with Gasteiger partial charge in [0.25, 0.3) is 5.56 Å². The fourth-order valence-electron chi connectivity index (χ4n) is 1.27. The summed E-state index contributed by atoms with van der Waals surface area (Å²) in [5.74, 6) is -1.79. The number of carbonyl (C=O) groups is 1. The molecule has 1 rings (SSSR count). The Labute approximate surface area is 105 Å². The molecule has 0 saturated heterocycles. The van der Waals surface area contributed by atoms with Crippen LogP contribution in [0.4, 0.5) is 13.2 Å². The van der Waals surface area contributed by atoms with Crippen molar-refractivity contribution in [2.75, 3.05) is 6.61 Å². The van der Waals surface area contributed by atoms with Gasteiger partial charge in [0, 0.05) is 12.1 Å². The quantitative estimate of drug-likeness (QED) is 0.799. The molecular formula is C10H11F3N2O4. The molecule has 0 aliphatic heterocycles. The van der Waals surface area contributed by atoms with Gasteiger partial charge in [-0.25, -0.2) is 4.79 Å². The van der Waals surface area contributed by atoms with Crippen molar-refractivity contribution in [1.29, 1.82) is 0 Å². The van der Waals surface area contributed by atoms with Crippen LogP contribution in [0.15, 0.2) is 10.9 Å². The van der Waals surface area contributed by atoms with Gasteiger partial charge in [0.2, 0.25) is 5.88 Å². The number of rotatable bonds is 4. The number of alkyl halides is 3. The summed E-state index contributed by atoms with van der Waals surface area (Å²) in [6.45, 7) is 1.20. The fourth-order valence-corrected chi connectivity index (χ4v) is 1.27. The molecule has 19 heavy (non-hydrogen) atoms. The van der Waals surface area contributed by atoms with Gasteiger partial charge < -0.3 is 15.2 Å². The summed E-state index contributed by atoms with van der Waals surface area (Å²) in [7, 11) is 0. The maximum atomic E-state index is 12.1. The molecule has 0 unspecified atom stereocenters. The summed E-state index contributed by atoms with van der Waals surface area (Å²) in [5, 5.41) is 0. The summed E-state index contributed by atoms with van der Waals surface area (Å²) in [6, 6.07) is 0.915. The van der Waals surface area contributed by atoms with Crippen molar-refractivity contribution in [2.45, 2.75) is 19.8 Å². The Morgan fingerprint density at radius 3 is 2.58 bits per heavy atom. The van der Waals surface area contributed by atoms with Crippen molar-refractivity contribution in [1.82, 2.24) is 4.98 Å². The Hall–Kier alpha value is -2.03. The normalized spacial score (nSPS) is 11.2. The highest BCUT2D eigenvalue weighted by Crippen LogP contribution is 2.23. The number of nitrogens with one attached hydrogen (secondary N) is 1. The zero-order chi connectivity index (χ0) is 14.6. The standard InChI is InChI=1S/C10H11F3N2O4/c1-2-18-9(17)6-3-5(4-14)8(15-7(6)16)19-10(11,12)13/h3H,2,4,14H2,1H3,(H,15,16). The van der Waals surface area contributed by atoms with Crippen molar-refractivity contribution in [3.63, 3.8) is 0 Å². The second kappa shape index (κ2) is 5.74. The van der Waals surface area contributed by atoms with Crippen LogP contribution in [0.25, 0.3) is 0 Å². The first kappa shape index (κ1) is 15.0. The molecule has 1 aromatic rings. The molecule has 0 bridgehead atoms. The van der Waals surface area contributed by atoms with Crippen LogP contribution in [0, 0.1) is 0 Å². The number of hydrogen-bond acceptors (Lipinski definition) is 5. The van der Waals surface area contributed by atoms with Crippen LogP contribution in [0.3, 0.4) is 0 Å². The van der Waals surface area contributed by atoms with Gasteiger partial charge in [0.15, 0.2) is 0 Å². The molecule has 0 aliphatic carbocycles. The third-order valence-electron chi connectivity index (χ3n) is 2.01. The maximum absolute atomic E-state index is 12.1. The molecule has 0 aromatic carbocycles. The molecular weight excluding hydrogens is 269 g/mol. The number of ether oxygens (including phenoxy) is 2. The smallest absolute Gasteiger partial charge is 0.462 e.